The van der Waals surface area contributed by atoms with Crippen molar-refractivity contribution in [3.63, 3.8) is 0 Å². The lowest BCUT2D eigenvalue weighted by molar-refractivity contribution is 0.870. The van der Waals surface area contributed by atoms with Gasteiger partial charge in [0.2, 0.25) is 0 Å². The van der Waals surface area contributed by atoms with Gasteiger partial charge in [-0.2, -0.15) is 5.10 Å². The van der Waals surface area contributed by atoms with Gasteiger partial charge in [-0.25, -0.2) is 9.50 Å². The molecule has 13 heavy (non-hydrogen) atoms. The summed E-state index contributed by atoms with van der Waals surface area (Å²) in [5.74, 6) is 0. The van der Waals surface area contributed by atoms with Gasteiger partial charge in [-0.3, -0.25) is 0 Å². The van der Waals surface area contributed by atoms with Gasteiger partial charge in [0.25, 0.3) is 0 Å². The van der Waals surface area contributed by atoms with Crippen LogP contribution in [-0.4, -0.2) is 14.6 Å². The fourth-order valence-corrected chi connectivity index (χ4v) is 1.86. The molecule has 0 radical (unpaired) electrons. The van der Waals surface area contributed by atoms with E-state index in [9.17, 15) is 0 Å². The van der Waals surface area contributed by atoms with Gasteiger partial charge in [0, 0.05) is 11.4 Å². The minimum atomic E-state index is 0.968. The van der Waals surface area contributed by atoms with E-state index in [0.29, 0.717) is 0 Å². The Bertz CT molecular complexity index is 473. The molecule has 0 unspecified atom stereocenters. The van der Waals surface area contributed by atoms with E-state index in [2.05, 4.69) is 32.7 Å². The normalized spacial score (nSPS) is 11.1. The van der Waals surface area contributed by atoms with Crippen molar-refractivity contribution in [3.05, 3.63) is 26.7 Å². The molecule has 0 amide bonds. The smallest absolute Gasteiger partial charge is 0.169 e. The molecule has 3 nitrogen and oxygen atoms in total. The monoisotopic (exact) mass is 287 g/mol. The molecule has 0 fully saturated rings. The van der Waals surface area contributed by atoms with E-state index in [0.717, 1.165) is 26.3 Å². The molecular formula is C9H10IN3. The predicted molar refractivity (Wildman–Crippen MR) is 59.9 cm³/mol. The van der Waals surface area contributed by atoms with Crippen molar-refractivity contribution in [1.82, 2.24) is 14.6 Å². The van der Waals surface area contributed by atoms with Crippen LogP contribution in [0.15, 0.2) is 6.07 Å². The standard InChI is InChI=1S/C9H10IN3/c1-5-4-6(2)13-9(11-5)8(10)7(3)12-13/h4H,1-3H3. The van der Waals surface area contributed by atoms with E-state index in [1.807, 2.05) is 31.4 Å². The van der Waals surface area contributed by atoms with Crippen LogP contribution in [-0.2, 0) is 0 Å². The Hall–Kier alpha value is -0.650. The quantitative estimate of drug-likeness (QED) is 0.696. The van der Waals surface area contributed by atoms with Crippen molar-refractivity contribution in [3.8, 4) is 0 Å². The number of aryl methyl sites for hydroxylation is 3. The maximum Gasteiger partial charge on any atom is 0.169 e. The van der Waals surface area contributed by atoms with Gasteiger partial charge in [0.15, 0.2) is 5.65 Å². The Balaban J connectivity index is 2.94. The van der Waals surface area contributed by atoms with Gasteiger partial charge in [-0.05, 0) is 49.4 Å². The highest BCUT2D eigenvalue weighted by atomic mass is 127. The molecule has 4 heteroatoms. The van der Waals surface area contributed by atoms with Crippen LogP contribution in [0, 0.1) is 24.3 Å². The first-order valence-electron chi connectivity index (χ1n) is 4.08. The third kappa shape index (κ3) is 1.33. The van der Waals surface area contributed by atoms with Gasteiger partial charge in [-0.1, -0.05) is 0 Å². The van der Waals surface area contributed by atoms with Gasteiger partial charge >= 0.3 is 0 Å². The molecule has 0 aromatic carbocycles. The van der Waals surface area contributed by atoms with Gasteiger partial charge in [0.1, 0.15) is 0 Å². The zero-order valence-electron chi connectivity index (χ0n) is 7.80. The van der Waals surface area contributed by atoms with E-state index in [-0.39, 0.29) is 0 Å². The second kappa shape index (κ2) is 2.94. The number of hydrogen-bond acceptors (Lipinski definition) is 2. The molecule has 0 saturated heterocycles. The average Bonchev–Trinajstić information content (AvgIpc) is 2.32. The van der Waals surface area contributed by atoms with Crippen LogP contribution in [0.2, 0.25) is 0 Å². The Morgan fingerprint density at radius 1 is 1.31 bits per heavy atom. The summed E-state index contributed by atoms with van der Waals surface area (Å²) < 4.78 is 3.04. The van der Waals surface area contributed by atoms with Crippen molar-refractivity contribution < 1.29 is 0 Å². The molecule has 0 saturated carbocycles. The molecule has 0 N–H and O–H groups in total. The number of fused-ring (bicyclic) bond motifs is 1. The van der Waals surface area contributed by atoms with Crippen LogP contribution >= 0.6 is 22.6 Å². The third-order valence-electron chi connectivity index (χ3n) is 2.00. The second-order valence-corrected chi connectivity index (χ2v) is 4.25. The Morgan fingerprint density at radius 3 is 2.69 bits per heavy atom. The molecule has 2 aromatic rings. The lowest BCUT2D eigenvalue weighted by atomic mass is 10.3. The van der Waals surface area contributed by atoms with Gasteiger partial charge < -0.3 is 0 Å². The largest absolute Gasteiger partial charge is 0.233 e. The van der Waals surface area contributed by atoms with Crippen molar-refractivity contribution in [1.29, 1.82) is 0 Å². The SMILES string of the molecule is Cc1cc(C)n2nc(C)c(I)c2n1. The first-order valence-corrected chi connectivity index (χ1v) is 5.16. The van der Waals surface area contributed by atoms with Crippen molar-refractivity contribution in [2.24, 2.45) is 0 Å². The molecule has 0 atom stereocenters. The van der Waals surface area contributed by atoms with Crippen LogP contribution < -0.4 is 0 Å². The molecule has 2 rings (SSSR count). The summed E-state index contributed by atoms with van der Waals surface area (Å²) in [5, 5.41) is 4.40. The van der Waals surface area contributed by atoms with Crippen molar-refractivity contribution >= 4 is 28.2 Å². The fraction of sp³-hybridized carbons (Fsp3) is 0.333. The Kier molecular flexibility index (Phi) is 2.02. The summed E-state index contributed by atoms with van der Waals surface area (Å²) in [6, 6.07) is 2.04. The highest BCUT2D eigenvalue weighted by Crippen LogP contribution is 2.17. The summed E-state index contributed by atoms with van der Waals surface area (Å²) >= 11 is 2.29. The predicted octanol–water partition coefficient (Wildman–Crippen LogP) is 2.26. The minimum absolute atomic E-state index is 0.968. The molecule has 2 aromatic heterocycles. The summed E-state index contributed by atoms with van der Waals surface area (Å²) in [6.45, 7) is 6.06. The van der Waals surface area contributed by atoms with E-state index in [1.54, 1.807) is 0 Å². The van der Waals surface area contributed by atoms with Crippen molar-refractivity contribution in [2.75, 3.05) is 0 Å². The molecule has 68 valence electrons. The van der Waals surface area contributed by atoms with Gasteiger partial charge in [-0.15, -0.1) is 0 Å². The Labute approximate surface area is 90.3 Å². The van der Waals surface area contributed by atoms with E-state index in [4.69, 9.17) is 0 Å². The molecule has 2 heterocycles. The topological polar surface area (TPSA) is 30.2 Å². The van der Waals surface area contributed by atoms with E-state index >= 15 is 0 Å². The molecule has 0 aliphatic rings. The summed E-state index contributed by atoms with van der Waals surface area (Å²) in [4.78, 5) is 4.45. The fourth-order valence-electron chi connectivity index (χ4n) is 1.40. The van der Waals surface area contributed by atoms with Crippen LogP contribution in [0.4, 0.5) is 0 Å². The van der Waals surface area contributed by atoms with Crippen molar-refractivity contribution in [2.45, 2.75) is 20.8 Å². The molecule has 0 spiro atoms. The maximum absolute atomic E-state index is 4.45. The van der Waals surface area contributed by atoms with E-state index in [1.165, 1.54) is 0 Å². The van der Waals surface area contributed by atoms with Gasteiger partial charge in [0.05, 0.1) is 9.26 Å². The summed E-state index contributed by atoms with van der Waals surface area (Å²) in [7, 11) is 0. The average molecular weight is 287 g/mol. The number of nitrogens with zero attached hydrogens (tertiary/aromatic N) is 3. The molecule has 0 bridgehead atoms. The number of halogens is 1. The zero-order valence-corrected chi connectivity index (χ0v) is 9.95. The summed E-state index contributed by atoms with van der Waals surface area (Å²) in [5.41, 5.74) is 4.19. The zero-order chi connectivity index (χ0) is 9.59. The van der Waals surface area contributed by atoms with Crippen LogP contribution in [0.5, 0.6) is 0 Å². The minimum Gasteiger partial charge on any atom is -0.233 e. The second-order valence-electron chi connectivity index (χ2n) is 3.17. The highest BCUT2D eigenvalue weighted by molar-refractivity contribution is 14.1. The maximum atomic E-state index is 4.45. The first kappa shape index (κ1) is 8.93. The van der Waals surface area contributed by atoms with Crippen LogP contribution in [0.3, 0.4) is 0 Å². The lowest BCUT2D eigenvalue weighted by Gasteiger charge is -1.99. The first-order chi connectivity index (χ1) is 6.09. The van der Waals surface area contributed by atoms with E-state index < -0.39 is 0 Å². The molecular weight excluding hydrogens is 277 g/mol. The number of rotatable bonds is 0. The molecule has 0 aliphatic heterocycles. The summed E-state index contributed by atoms with van der Waals surface area (Å²) in [6.07, 6.45) is 0. The Morgan fingerprint density at radius 2 is 2.00 bits per heavy atom. The van der Waals surface area contributed by atoms with Crippen LogP contribution in [0.25, 0.3) is 5.65 Å². The molecule has 0 aliphatic carbocycles. The highest BCUT2D eigenvalue weighted by Gasteiger charge is 2.09. The number of hydrogen-bond donors (Lipinski definition) is 0. The third-order valence-corrected chi connectivity index (χ3v) is 3.26. The number of aromatic nitrogens is 3. The lowest BCUT2D eigenvalue weighted by Crippen LogP contribution is -1.97. The van der Waals surface area contributed by atoms with Crippen LogP contribution in [0.1, 0.15) is 17.1 Å².